The Kier molecular flexibility index (Phi) is 2.46. The summed E-state index contributed by atoms with van der Waals surface area (Å²) in [4.78, 5) is 10.2. The molecule has 1 N–H and O–H groups in total. The minimum absolute atomic E-state index is 0.0226. The van der Waals surface area contributed by atoms with Gasteiger partial charge in [-0.2, -0.15) is 5.10 Å². The molecule has 0 spiro atoms. The zero-order valence-electron chi connectivity index (χ0n) is 6.16. The number of aromatic nitrogens is 2. The molecule has 12 heavy (non-hydrogen) atoms. The number of alkyl halides is 1. The van der Waals surface area contributed by atoms with Crippen LogP contribution in [0.2, 0.25) is 0 Å². The highest BCUT2D eigenvalue weighted by Crippen LogP contribution is 2.20. The zero-order valence-corrected chi connectivity index (χ0v) is 7.75. The first kappa shape index (κ1) is 9.18. The van der Waals surface area contributed by atoms with E-state index in [2.05, 4.69) is 21.0 Å². The van der Waals surface area contributed by atoms with Crippen LogP contribution in [0.4, 0.5) is 4.39 Å². The maximum atomic E-state index is 12.9. The van der Waals surface area contributed by atoms with Crippen LogP contribution in [0.15, 0.2) is 10.7 Å². The highest BCUT2D eigenvalue weighted by Gasteiger charge is 2.22. The third kappa shape index (κ3) is 1.63. The van der Waals surface area contributed by atoms with E-state index in [1.807, 2.05) is 0 Å². The molecule has 4 nitrogen and oxygen atoms in total. The number of nitrogens with zero attached hydrogens (tertiary/aromatic N) is 2. The van der Waals surface area contributed by atoms with Crippen LogP contribution in [0.3, 0.4) is 0 Å². The predicted molar refractivity (Wildman–Crippen MR) is 42.4 cm³/mol. The number of carboxylic acid groups (broad SMARTS) is 1. The lowest BCUT2D eigenvalue weighted by atomic mass is 10.3. The maximum absolute atomic E-state index is 12.9. The van der Waals surface area contributed by atoms with Crippen molar-refractivity contribution in [2.45, 2.75) is 6.17 Å². The number of aryl methyl sites for hydroxylation is 1. The van der Waals surface area contributed by atoms with Gasteiger partial charge in [0.2, 0.25) is 6.17 Å². The Hall–Kier alpha value is -0.910. The topological polar surface area (TPSA) is 55.1 Å². The van der Waals surface area contributed by atoms with Crippen molar-refractivity contribution in [3.8, 4) is 0 Å². The third-order valence-corrected chi connectivity index (χ3v) is 1.75. The number of carboxylic acids is 1. The van der Waals surface area contributed by atoms with Gasteiger partial charge in [-0.15, -0.1) is 0 Å². The van der Waals surface area contributed by atoms with Gasteiger partial charge in [0.05, 0.1) is 5.69 Å². The lowest BCUT2D eigenvalue weighted by Crippen LogP contribution is -2.10. The SMILES string of the molecule is Cn1nc(Br)cc1C(F)C(=O)O. The fourth-order valence-electron chi connectivity index (χ4n) is 0.809. The fourth-order valence-corrected chi connectivity index (χ4v) is 1.28. The average molecular weight is 237 g/mol. The van der Waals surface area contributed by atoms with Crippen LogP contribution in [-0.2, 0) is 11.8 Å². The minimum atomic E-state index is -2.02. The van der Waals surface area contributed by atoms with E-state index in [0.29, 0.717) is 4.60 Å². The van der Waals surface area contributed by atoms with Crippen molar-refractivity contribution in [1.82, 2.24) is 9.78 Å². The molecular weight excluding hydrogens is 231 g/mol. The molecule has 0 radical (unpaired) electrons. The second-order valence-corrected chi connectivity index (χ2v) is 3.03. The number of rotatable bonds is 2. The van der Waals surface area contributed by atoms with Gasteiger partial charge in [-0.05, 0) is 22.0 Å². The summed E-state index contributed by atoms with van der Waals surface area (Å²) in [6.45, 7) is 0. The van der Waals surface area contributed by atoms with Gasteiger partial charge in [-0.25, -0.2) is 9.18 Å². The summed E-state index contributed by atoms with van der Waals surface area (Å²) in [7, 11) is 1.48. The molecule has 66 valence electrons. The van der Waals surface area contributed by atoms with E-state index in [-0.39, 0.29) is 5.69 Å². The second kappa shape index (κ2) is 3.22. The largest absolute Gasteiger partial charge is 0.479 e. The average Bonchev–Trinajstić information content (AvgIpc) is 2.28. The van der Waals surface area contributed by atoms with Gasteiger partial charge in [0, 0.05) is 7.05 Å². The van der Waals surface area contributed by atoms with E-state index < -0.39 is 12.1 Å². The first-order valence-corrected chi connectivity index (χ1v) is 3.88. The molecule has 1 heterocycles. The van der Waals surface area contributed by atoms with E-state index in [4.69, 9.17) is 5.11 Å². The quantitative estimate of drug-likeness (QED) is 0.842. The molecule has 0 amide bonds. The van der Waals surface area contributed by atoms with Gasteiger partial charge in [0.1, 0.15) is 4.60 Å². The van der Waals surface area contributed by atoms with Crippen molar-refractivity contribution in [1.29, 1.82) is 0 Å². The molecule has 0 aliphatic rings. The molecule has 0 saturated carbocycles. The van der Waals surface area contributed by atoms with Crippen LogP contribution in [0, 0.1) is 0 Å². The standard InChI is InChI=1S/C6H6BrFN2O2/c1-10-3(2-4(7)9-10)5(8)6(11)12/h2,5H,1H3,(H,11,12). The lowest BCUT2D eigenvalue weighted by molar-refractivity contribution is -0.143. The first-order valence-electron chi connectivity index (χ1n) is 3.08. The molecule has 6 heteroatoms. The molecule has 1 aromatic heterocycles. The maximum Gasteiger partial charge on any atom is 0.344 e. The van der Waals surface area contributed by atoms with Crippen molar-refractivity contribution >= 4 is 21.9 Å². The second-order valence-electron chi connectivity index (χ2n) is 2.22. The molecule has 1 atom stereocenters. The summed E-state index contributed by atoms with van der Waals surface area (Å²) in [5.41, 5.74) is 0.0226. The van der Waals surface area contributed by atoms with Crippen LogP contribution in [0.25, 0.3) is 0 Å². The Balaban J connectivity index is 3.02. The number of hydrogen-bond acceptors (Lipinski definition) is 2. The third-order valence-electron chi connectivity index (χ3n) is 1.36. The van der Waals surface area contributed by atoms with Crippen molar-refractivity contribution in [2.75, 3.05) is 0 Å². The van der Waals surface area contributed by atoms with E-state index in [9.17, 15) is 9.18 Å². The summed E-state index contributed by atoms with van der Waals surface area (Å²) in [5, 5.41) is 12.1. The van der Waals surface area contributed by atoms with E-state index >= 15 is 0 Å². The molecular formula is C6H6BrFN2O2. The summed E-state index contributed by atoms with van der Waals surface area (Å²) in [5.74, 6) is -1.51. The Morgan fingerprint density at radius 3 is 2.83 bits per heavy atom. The van der Waals surface area contributed by atoms with E-state index in [0.717, 1.165) is 0 Å². The van der Waals surface area contributed by atoms with Crippen LogP contribution in [0.1, 0.15) is 11.9 Å². The number of carbonyl (C=O) groups is 1. The molecule has 0 aliphatic heterocycles. The number of hydrogen-bond donors (Lipinski definition) is 1. The van der Waals surface area contributed by atoms with E-state index in [1.54, 1.807) is 0 Å². The lowest BCUT2D eigenvalue weighted by Gasteiger charge is -2.01. The summed E-state index contributed by atoms with van der Waals surface area (Å²) in [6.07, 6.45) is -2.02. The molecule has 1 aromatic rings. The normalized spacial score (nSPS) is 12.9. The van der Waals surface area contributed by atoms with Gasteiger partial charge in [-0.1, -0.05) is 0 Å². The number of aliphatic carboxylic acids is 1. The number of halogens is 2. The molecule has 1 rings (SSSR count). The highest BCUT2D eigenvalue weighted by atomic mass is 79.9. The summed E-state index contributed by atoms with van der Waals surface area (Å²) >= 11 is 3.01. The molecule has 0 aliphatic carbocycles. The van der Waals surface area contributed by atoms with E-state index in [1.165, 1.54) is 17.8 Å². The van der Waals surface area contributed by atoms with Crippen LogP contribution in [0.5, 0.6) is 0 Å². The van der Waals surface area contributed by atoms with Crippen LogP contribution >= 0.6 is 15.9 Å². The van der Waals surface area contributed by atoms with Gasteiger partial charge < -0.3 is 5.11 Å². The molecule has 0 bridgehead atoms. The molecule has 0 fully saturated rings. The zero-order chi connectivity index (χ0) is 9.30. The molecule has 0 saturated heterocycles. The minimum Gasteiger partial charge on any atom is -0.479 e. The smallest absolute Gasteiger partial charge is 0.344 e. The van der Waals surface area contributed by atoms with Crippen LogP contribution < -0.4 is 0 Å². The van der Waals surface area contributed by atoms with Gasteiger partial charge in [0.15, 0.2) is 0 Å². The summed E-state index contributed by atoms with van der Waals surface area (Å²) < 4.78 is 14.5. The summed E-state index contributed by atoms with van der Waals surface area (Å²) in [6, 6.07) is 1.33. The van der Waals surface area contributed by atoms with Crippen molar-refractivity contribution in [3.05, 3.63) is 16.4 Å². The van der Waals surface area contributed by atoms with Gasteiger partial charge in [-0.3, -0.25) is 4.68 Å². The Labute approximate surface area is 76.1 Å². The van der Waals surface area contributed by atoms with Crippen molar-refractivity contribution < 1.29 is 14.3 Å². The Morgan fingerprint density at radius 2 is 2.50 bits per heavy atom. The Morgan fingerprint density at radius 1 is 1.92 bits per heavy atom. The van der Waals surface area contributed by atoms with Gasteiger partial charge >= 0.3 is 5.97 Å². The van der Waals surface area contributed by atoms with Crippen LogP contribution in [-0.4, -0.2) is 20.9 Å². The highest BCUT2D eigenvalue weighted by molar-refractivity contribution is 9.10. The molecule has 0 aromatic carbocycles. The predicted octanol–water partition coefficient (Wildman–Crippen LogP) is 1.28. The Bertz CT molecular complexity index is 312. The van der Waals surface area contributed by atoms with Crippen molar-refractivity contribution in [3.63, 3.8) is 0 Å². The van der Waals surface area contributed by atoms with Crippen molar-refractivity contribution in [2.24, 2.45) is 7.05 Å². The molecule has 1 unspecified atom stereocenters. The van der Waals surface area contributed by atoms with Gasteiger partial charge in [0.25, 0.3) is 0 Å². The monoisotopic (exact) mass is 236 g/mol. The first-order chi connectivity index (χ1) is 5.52. The fraction of sp³-hybridized carbons (Fsp3) is 0.333.